The SMILES string of the molecule is CN=C(NCCNC(=O)CC1CCCC1)N1CCSC(C(C)C)C1.I. The van der Waals surface area contributed by atoms with Crippen LogP contribution in [0.2, 0.25) is 0 Å². The molecule has 2 aliphatic rings. The molecule has 1 aliphatic carbocycles. The minimum Gasteiger partial charge on any atom is -0.354 e. The van der Waals surface area contributed by atoms with Crippen molar-refractivity contribution >= 4 is 47.6 Å². The number of guanidine groups is 1. The Hall–Kier alpha value is -0.180. The van der Waals surface area contributed by atoms with Crippen LogP contribution in [-0.4, -0.2) is 61.0 Å². The maximum Gasteiger partial charge on any atom is 0.220 e. The molecule has 0 aromatic heterocycles. The number of hydrogen-bond donors (Lipinski definition) is 2. The minimum absolute atomic E-state index is 0. The van der Waals surface area contributed by atoms with Crippen molar-refractivity contribution in [1.29, 1.82) is 0 Å². The molecule has 1 saturated carbocycles. The van der Waals surface area contributed by atoms with Crippen molar-refractivity contribution in [2.24, 2.45) is 16.8 Å². The van der Waals surface area contributed by atoms with Crippen molar-refractivity contribution < 1.29 is 4.79 Å². The quantitative estimate of drug-likeness (QED) is 0.265. The molecule has 2 rings (SSSR count). The summed E-state index contributed by atoms with van der Waals surface area (Å²) in [5, 5.41) is 7.11. The second-order valence-electron chi connectivity index (χ2n) is 7.28. The van der Waals surface area contributed by atoms with E-state index in [4.69, 9.17) is 0 Å². The van der Waals surface area contributed by atoms with Gasteiger partial charge in [-0.1, -0.05) is 26.7 Å². The molecular formula is C18H35IN4OS. The molecule has 25 heavy (non-hydrogen) atoms. The van der Waals surface area contributed by atoms with Gasteiger partial charge in [-0.2, -0.15) is 11.8 Å². The number of hydrogen-bond acceptors (Lipinski definition) is 3. The molecule has 1 amide bonds. The maximum atomic E-state index is 12.0. The predicted molar refractivity (Wildman–Crippen MR) is 119 cm³/mol. The van der Waals surface area contributed by atoms with Crippen molar-refractivity contribution in [3.63, 3.8) is 0 Å². The second-order valence-corrected chi connectivity index (χ2v) is 8.62. The summed E-state index contributed by atoms with van der Waals surface area (Å²) >= 11 is 2.07. The van der Waals surface area contributed by atoms with E-state index in [1.54, 1.807) is 0 Å². The van der Waals surface area contributed by atoms with Gasteiger partial charge in [0, 0.05) is 50.7 Å². The first-order valence-corrected chi connectivity index (χ1v) is 10.5. The third-order valence-corrected chi connectivity index (χ3v) is 6.57. The van der Waals surface area contributed by atoms with E-state index in [2.05, 4.69) is 46.1 Å². The van der Waals surface area contributed by atoms with Crippen molar-refractivity contribution in [3.8, 4) is 0 Å². The Bertz CT molecular complexity index is 427. The van der Waals surface area contributed by atoms with E-state index in [9.17, 15) is 4.79 Å². The lowest BCUT2D eigenvalue weighted by Crippen LogP contribution is -2.50. The molecule has 0 aromatic rings. The summed E-state index contributed by atoms with van der Waals surface area (Å²) in [5.41, 5.74) is 0. The van der Waals surface area contributed by atoms with E-state index < -0.39 is 0 Å². The first-order valence-electron chi connectivity index (χ1n) is 9.44. The second kappa shape index (κ2) is 12.3. The molecule has 1 aliphatic heterocycles. The smallest absolute Gasteiger partial charge is 0.220 e. The van der Waals surface area contributed by atoms with E-state index in [0.717, 1.165) is 31.3 Å². The van der Waals surface area contributed by atoms with Gasteiger partial charge < -0.3 is 15.5 Å². The first kappa shape index (κ1) is 22.9. The summed E-state index contributed by atoms with van der Waals surface area (Å²) in [6, 6.07) is 0. The van der Waals surface area contributed by atoms with E-state index in [-0.39, 0.29) is 29.9 Å². The number of rotatable bonds is 6. The van der Waals surface area contributed by atoms with Gasteiger partial charge >= 0.3 is 0 Å². The highest BCUT2D eigenvalue weighted by Gasteiger charge is 2.24. The van der Waals surface area contributed by atoms with E-state index in [1.807, 2.05) is 7.05 Å². The van der Waals surface area contributed by atoms with Crippen LogP contribution >= 0.6 is 35.7 Å². The van der Waals surface area contributed by atoms with Crippen molar-refractivity contribution in [2.45, 2.75) is 51.2 Å². The number of nitrogens with one attached hydrogen (secondary N) is 2. The van der Waals surface area contributed by atoms with Crippen LogP contribution < -0.4 is 10.6 Å². The summed E-state index contributed by atoms with van der Waals surface area (Å²) in [7, 11) is 1.84. The van der Waals surface area contributed by atoms with Gasteiger partial charge in [0.05, 0.1) is 0 Å². The Morgan fingerprint density at radius 3 is 2.56 bits per heavy atom. The largest absolute Gasteiger partial charge is 0.354 e. The molecule has 2 fully saturated rings. The number of carbonyl (C=O) groups is 1. The highest BCUT2D eigenvalue weighted by atomic mass is 127. The molecule has 0 radical (unpaired) electrons. The fraction of sp³-hybridized carbons (Fsp3) is 0.889. The van der Waals surface area contributed by atoms with Gasteiger partial charge in [0.1, 0.15) is 0 Å². The number of thioether (sulfide) groups is 1. The molecule has 0 aromatic carbocycles. The molecule has 0 bridgehead atoms. The van der Waals surface area contributed by atoms with Gasteiger partial charge in [-0.25, -0.2) is 0 Å². The van der Waals surface area contributed by atoms with Crippen LogP contribution in [-0.2, 0) is 4.79 Å². The molecule has 1 heterocycles. The molecule has 1 atom stereocenters. The summed E-state index contributed by atoms with van der Waals surface area (Å²) in [6.45, 7) is 8.08. The van der Waals surface area contributed by atoms with Crippen LogP contribution in [0.5, 0.6) is 0 Å². The molecular weight excluding hydrogens is 447 g/mol. The fourth-order valence-corrected chi connectivity index (χ4v) is 4.83. The van der Waals surface area contributed by atoms with Gasteiger partial charge in [-0.15, -0.1) is 24.0 Å². The lowest BCUT2D eigenvalue weighted by molar-refractivity contribution is -0.121. The van der Waals surface area contributed by atoms with Gasteiger partial charge in [-0.05, 0) is 24.7 Å². The number of halogens is 1. The average molecular weight is 482 g/mol. The number of carbonyl (C=O) groups excluding carboxylic acids is 1. The van der Waals surface area contributed by atoms with E-state index in [0.29, 0.717) is 30.1 Å². The molecule has 0 spiro atoms. The van der Waals surface area contributed by atoms with Gasteiger partial charge in [0.15, 0.2) is 5.96 Å². The van der Waals surface area contributed by atoms with Crippen molar-refractivity contribution in [1.82, 2.24) is 15.5 Å². The van der Waals surface area contributed by atoms with Crippen LogP contribution in [0.25, 0.3) is 0 Å². The lowest BCUT2D eigenvalue weighted by atomic mass is 10.0. The number of aliphatic imine (C=N–C) groups is 1. The van der Waals surface area contributed by atoms with Crippen LogP contribution in [0.1, 0.15) is 46.0 Å². The molecule has 146 valence electrons. The zero-order valence-corrected chi connectivity index (χ0v) is 19.1. The predicted octanol–water partition coefficient (Wildman–Crippen LogP) is 2.95. The van der Waals surface area contributed by atoms with Crippen LogP contribution in [0.4, 0.5) is 0 Å². The molecule has 1 saturated heterocycles. The highest BCUT2D eigenvalue weighted by molar-refractivity contribution is 14.0. The number of amides is 1. The molecule has 2 N–H and O–H groups in total. The molecule has 1 unspecified atom stereocenters. The van der Waals surface area contributed by atoms with E-state index in [1.165, 1.54) is 25.7 Å². The van der Waals surface area contributed by atoms with E-state index >= 15 is 0 Å². The summed E-state index contributed by atoms with van der Waals surface area (Å²) in [6.07, 6.45) is 5.74. The zero-order valence-electron chi connectivity index (χ0n) is 15.9. The normalized spacial score (nSPS) is 22.0. The highest BCUT2D eigenvalue weighted by Crippen LogP contribution is 2.27. The zero-order chi connectivity index (χ0) is 17.4. The number of nitrogens with zero attached hydrogens (tertiary/aromatic N) is 2. The third-order valence-electron chi connectivity index (χ3n) is 5.03. The van der Waals surface area contributed by atoms with Crippen LogP contribution in [0.15, 0.2) is 4.99 Å². The lowest BCUT2D eigenvalue weighted by Gasteiger charge is -2.36. The van der Waals surface area contributed by atoms with Gasteiger partial charge in [-0.3, -0.25) is 9.79 Å². The summed E-state index contributed by atoms with van der Waals surface area (Å²) < 4.78 is 0. The standard InChI is InChI=1S/C18H34N4OS.HI/c1-14(2)16-13-22(10-11-24-16)18(19-3)21-9-8-20-17(23)12-15-6-4-5-7-15;/h14-16H,4-13H2,1-3H3,(H,19,21)(H,20,23);1H. The topological polar surface area (TPSA) is 56.7 Å². The van der Waals surface area contributed by atoms with Crippen molar-refractivity contribution in [2.75, 3.05) is 39.0 Å². The van der Waals surface area contributed by atoms with Crippen molar-refractivity contribution in [3.05, 3.63) is 0 Å². The Morgan fingerprint density at radius 1 is 1.24 bits per heavy atom. The third kappa shape index (κ3) is 7.93. The Morgan fingerprint density at radius 2 is 1.92 bits per heavy atom. The maximum absolute atomic E-state index is 12.0. The molecule has 7 heteroatoms. The van der Waals surface area contributed by atoms with Gasteiger partial charge in [0.25, 0.3) is 0 Å². The minimum atomic E-state index is 0. The first-order chi connectivity index (χ1) is 11.6. The van der Waals surface area contributed by atoms with Gasteiger partial charge in [0.2, 0.25) is 5.91 Å². The molecule has 5 nitrogen and oxygen atoms in total. The van der Waals surface area contributed by atoms with Crippen LogP contribution in [0, 0.1) is 11.8 Å². The Labute approximate surface area is 174 Å². The average Bonchev–Trinajstić information content (AvgIpc) is 3.08. The summed E-state index contributed by atoms with van der Waals surface area (Å²) in [4.78, 5) is 18.7. The Kier molecular flexibility index (Phi) is 11.2. The summed E-state index contributed by atoms with van der Waals surface area (Å²) in [5.74, 6) is 3.62. The fourth-order valence-electron chi connectivity index (χ4n) is 3.53. The van der Waals surface area contributed by atoms with Crippen LogP contribution in [0.3, 0.4) is 0 Å². The Balaban J connectivity index is 0.00000312. The monoisotopic (exact) mass is 482 g/mol.